The van der Waals surface area contributed by atoms with E-state index in [0.29, 0.717) is 0 Å². The van der Waals surface area contributed by atoms with Crippen molar-refractivity contribution >= 4 is 23.9 Å². The minimum Gasteiger partial charge on any atom is -0.399 e. The van der Waals surface area contributed by atoms with E-state index in [2.05, 4.69) is 59.9 Å². The molecule has 0 aromatic carbocycles. The van der Waals surface area contributed by atoms with Crippen molar-refractivity contribution in [3.05, 3.63) is 16.3 Å². The van der Waals surface area contributed by atoms with Crippen molar-refractivity contribution in [3.8, 4) is 0 Å². The van der Waals surface area contributed by atoms with Gasteiger partial charge in [0.2, 0.25) is 0 Å². The Morgan fingerprint density at radius 3 is 1.94 bits per heavy atom. The summed E-state index contributed by atoms with van der Waals surface area (Å²) in [6.45, 7) is 15.0. The van der Waals surface area contributed by atoms with Crippen LogP contribution in [0.5, 0.6) is 0 Å². The molecular weight excluding hydrogens is 243 g/mol. The van der Waals surface area contributed by atoms with E-state index in [1.807, 2.05) is 0 Å². The summed E-state index contributed by atoms with van der Waals surface area (Å²) in [6.07, 6.45) is 0. The average Bonchev–Trinajstić information content (AvgIpc) is 2.69. The monoisotopic (exact) mass is 266 g/mol. The van der Waals surface area contributed by atoms with Crippen molar-refractivity contribution in [2.75, 3.05) is 0 Å². The Bertz CT molecular complexity index is 427. The first kappa shape index (κ1) is 14.1. The molecule has 0 atom stereocenters. The van der Waals surface area contributed by atoms with Crippen LogP contribution in [0.3, 0.4) is 0 Å². The number of thiophene rings is 1. The summed E-state index contributed by atoms with van der Waals surface area (Å²) in [4.78, 5) is 1.37. The summed E-state index contributed by atoms with van der Waals surface area (Å²) >= 11 is 1.78. The predicted octanol–water partition coefficient (Wildman–Crippen LogP) is 3.34. The Hall–Kier alpha value is -0.315. The zero-order chi connectivity index (χ0) is 13.8. The van der Waals surface area contributed by atoms with Crippen LogP contribution in [0.25, 0.3) is 0 Å². The minimum atomic E-state index is -0.262. The van der Waals surface area contributed by atoms with Gasteiger partial charge in [0.25, 0.3) is 0 Å². The Kier molecular flexibility index (Phi) is 3.20. The van der Waals surface area contributed by atoms with Gasteiger partial charge in [0.15, 0.2) is 0 Å². The quantitative estimate of drug-likeness (QED) is 0.726. The van der Waals surface area contributed by atoms with Crippen LogP contribution in [0.2, 0.25) is 0 Å². The molecule has 2 rings (SSSR count). The van der Waals surface area contributed by atoms with Crippen LogP contribution in [0.4, 0.5) is 0 Å². The van der Waals surface area contributed by atoms with Gasteiger partial charge in [0, 0.05) is 4.88 Å². The Labute approximate surface area is 115 Å². The van der Waals surface area contributed by atoms with Crippen LogP contribution >= 0.6 is 11.3 Å². The lowest BCUT2D eigenvalue weighted by molar-refractivity contribution is 0.00578. The Balaban J connectivity index is 2.23. The molecule has 1 aliphatic rings. The van der Waals surface area contributed by atoms with Crippen LogP contribution in [-0.4, -0.2) is 18.3 Å². The standard InChI is InChI=1S/C14H23BO2S/c1-12(2,3)11-8-10(9-18-11)15-16-13(4,5)14(6,7)17-15/h8-9H,1-7H3. The second kappa shape index (κ2) is 4.09. The zero-order valence-corrected chi connectivity index (χ0v) is 13.3. The van der Waals surface area contributed by atoms with Gasteiger partial charge >= 0.3 is 7.12 Å². The topological polar surface area (TPSA) is 18.5 Å². The minimum absolute atomic E-state index is 0.187. The molecule has 0 N–H and O–H groups in total. The van der Waals surface area contributed by atoms with Gasteiger partial charge in [-0.3, -0.25) is 0 Å². The van der Waals surface area contributed by atoms with Crippen molar-refractivity contribution in [2.45, 2.75) is 65.1 Å². The number of hydrogen-bond acceptors (Lipinski definition) is 3. The highest BCUT2D eigenvalue weighted by atomic mass is 32.1. The molecule has 1 aliphatic heterocycles. The molecule has 0 saturated carbocycles. The van der Waals surface area contributed by atoms with Gasteiger partial charge < -0.3 is 9.31 Å². The van der Waals surface area contributed by atoms with Gasteiger partial charge in [-0.25, -0.2) is 0 Å². The lowest BCUT2D eigenvalue weighted by Gasteiger charge is -2.32. The molecular formula is C14H23BO2S. The van der Waals surface area contributed by atoms with Gasteiger partial charge in [-0.05, 0) is 50.0 Å². The van der Waals surface area contributed by atoms with Gasteiger partial charge in [-0.15, -0.1) is 11.3 Å². The molecule has 2 nitrogen and oxygen atoms in total. The van der Waals surface area contributed by atoms with E-state index < -0.39 is 0 Å². The fraction of sp³-hybridized carbons (Fsp3) is 0.714. The molecule has 0 bridgehead atoms. The van der Waals surface area contributed by atoms with Crippen LogP contribution in [0.1, 0.15) is 53.3 Å². The fourth-order valence-electron chi connectivity index (χ4n) is 1.85. The highest BCUT2D eigenvalue weighted by molar-refractivity contribution is 7.11. The van der Waals surface area contributed by atoms with Gasteiger partial charge in [-0.1, -0.05) is 20.8 Å². The second-order valence-corrected chi connectivity index (χ2v) is 7.99. The lowest BCUT2D eigenvalue weighted by Crippen LogP contribution is -2.41. The third-order valence-electron chi connectivity index (χ3n) is 3.88. The molecule has 1 aromatic rings. The lowest BCUT2D eigenvalue weighted by atomic mass is 9.80. The fourth-order valence-corrected chi connectivity index (χ4v) is 2.85. The molecule has 0 aliphatic carbocycles. The van der Waals surface area contributed by atoms with Gasteiger partial charge in [0.1, 0.15) is 0 Å². The van der Waals surface area contributed by atoms with Crippen molar-refractivity contribution in [1.29, 1.82) is 0 Å². The third kappa shape index (κ3) is 2.38. The summed E-state index contributed by atoms with van der Waals surface area (Å²) in [7, 11) is -0.234. The summed E-state index contributed by atoms with van der Waals surface area (Å²) in [5.74, 6) is 0. The second-order valence-electron chi connectivity index (χ2n) is 7.08. The first-order valence-corrected chi connectivity index (χ1v) is 7.35. The molecule has 0 unspecified atom stereocenters. The molecule has 0 spiro atoms. The first-order valence-electron chi connectivity index (χ1n) is 6.47. The van der Waals surface area contributed by atoms with E-state index in [4.69, 9.17) is 9.31 Å². The van der Waals surface area contributed by atoms with Crippen molar-refractivity contribution in [1.82, 2.24) is 0 Å². The maximum absolute atomic E-state index is 6.06. The summed E-state index contributed by atoms with van der Waals surface area (Å²) in [5, 5.41) is 2.16. The first-order chi connectivity index (χ1) is 8.03. The third-order valence-corrected chi connectivity index (χ3v) is 5.26. The molecule has 100 valence electrons. The van der Waals surface area contributed by atoms with Crippen molar-refractivity contribution < 1.29 is 9.31 Å². The van der Waals surface area contributed by atoms with E-state index in [1.54, 1.807) is 11.3 Å². The van der Waals surface area contributed by atoms with Crippen molar-refractivity contribution in [2.24, 2.45) is 0 Å². The molecule has 18 heavy (non-hydrogen) atoms. The van der Waals surface area contributed by atoms with Crippen LogP contribution < -0.4 is 5.46 Å². The van der Waals surface area contributed by atoms with Crippen LogP contribution in [0.15, 0.2) is 11.4 Å². The average molecular weight is 266 g/mol. The molecule has 2 heterocycles. The van der Waals surface area contributed by atoms with E-state index in [1.165, 1.54) is 4.88 Å². The van der Waals surface area contributed by atoms with Crippen molar-refractivity contribution in [3.63, 3.8) is 0 Å². The highest BCUT2D eigenvalue weighted by Crippen LogP contribution is 2.37. The summed E-state index contributed by atoms with van der Waals surface area (Å²) < 4.78 is 12.1. The van der Waals surface area contributed by atoms with Crippen LogP contribution in [-0.2, 0) is 14.7 Å². The van der Waals surface area contributed by atoms with Gasteiger partial charge in [-0.2, -0.15) is 0 Å². The van der Waals surface area contributed by atoms with Crippen LogP contribution in [0, 0.1) is 0 Å². The molecule has 0 radical (unpaired) electrons. The smallest absolute Gasteiger partial charge is 0.399 e. The summed E-state index contributed by atoms with van der Waals surface area (Å²) in [6, 6.07) is 2.22. The van der Waals surface area contributed by atoms with E-state index in [9.17, 15) is 0 Å². The normalized spacial score (nSPS) is 22.5. The Morgan fingerprint density at radius 2 is 1.56 bits per heavy atom. The molecule has 1 saturated heterocycles. The molecule has 1 aromatic heterocycles. The molecule has 1 fully saturated rings. The molecule has 4 heteroatoms. The van der Waals surface area contributed by atoms with E-state index in [-0.39, 0.29) is 23.7 Å². The maximum atomic E-state index is 6.06. The Morgan fingerprint density at radius 1 is 1.06 bits per heavy atom. The van der Waals surface area contributed by atoms with E-state index >= 15 is 0 Å². The maximum Gasteiger partial charge on any atom is 0.495 e. The highest BCUT2D eigenvalue weighted by Gasteiger charge is 2.52. The molecule has 0 amide bonds. The SMILES string of the molecule is CC(C)(C)c1cc(B2OC(C)(C)C(C)(C)O2)cs1. The largest absolute Gasteiger partial charge is 0.495 e. The number of rotatable bonds is 1. The predicted molar refractivity (Wildman–Crippen MR) is 78.7 cm³/mol. The zero-order valence-electron chi connectivity index (χ0n) is 12.5. The van der Waals surface area contributed by atoms with Gasteiger partial charge in [0.05, 0.1) is 11.2 Å². The van der Waals surface area contributed by atoms with E-state index in [0.717, 1.165) is 5.46 Å². The number of hydrogen-bond donors (Lipinski definition) is 0. The summed E-state index contributed by atoms with van der Waals surface area (Å²) in [5.41, 5.74) is 0.804.